The largest absolute Gasteiger partial charge is 0.483 e. The van der Waals surface area contributed by atoms with E-state index in [0.29, 0.717) is 0 Å². The molecule has 0 saturated carbocycles. The van der Waals surface area contributed by atoms with Gasteiger partial charge in [0.2, 0.25) is 0 Å². The third-order valence-corrected chi connectivity index (χ3v) is 3.72. The Labute approximate surface area is 106 Å². The van der Waals surface area contributed by atoms with E-state index >= 15 is 0 Å². The van der Waals surface area contributed by atoms with E-state index in [-0.39, 0.29) is 12.4 Å². The average Bonchev–Trinajstić information content (AvgIpc) is 2.88. The molecule has 1 aromatic heterocycles. The van der Waals surface area contributed by atoms with Crippen LogP contribution in [0.15, 0.2) is 18.2 Å². The van der Waals surface area contributed by atoms with Crippen molar-refractivity contribution in [1.29, 1.82) is 0 Å². The Hall–Kier alpha value is -1.69. The molecular formula is C12H10F2N2OS. The maximum atomic E-state index is 13.3. The third kappa shape index (κ3) is 2.15. The van der Waals surface area contributed by atoms with E-state index < -0.39 is 11.6 Å². The number of hydrogen-bond acceptors (Lipinski definition) is 4. The SMILES string of the molecule is Fc1ccc(OCc2nc3c(s2)CCN3)c(F)c1. The molecule has 0 saturated heterocycles. The summed E-state index contributed by atoms with van der Waals surface area (Å²) in [6.45, 7) is 1.11. The quantitative estimate of drug-likeness (QED) is 0.929. The first kappa shape index (κ1) is 11.4. The molecule has 2 aromatic rings. The molecule has 0 bridgehead atoms. The third-order valence-electron chi connectivity index (χ3n) is 2.63. The van der Waals surface area contributed by atoms with E-state index in [4.69, 9.17) is 4.74 Å². The van der Waals surface area contributed by atoms with Gasteiger partial charge in [-0.15, -0.1) is 11.3 Å². The van der Waals surface area contributed by atoms with E-state index in [9.17, 15) is 8.78 Å². The highest BCUT2D eigenvalue weighted by molar-refractivity contribution is 7.12. The van der Waals surface area contributed by atoms with Crippen LogP contribution in [0.2, 0.25) is 0 Å². The van der Waals surface area contributed by atoms with Crippen LogP contribution in [0, 0.1) is 11.6 Å². The van der Waals surface area contributed by atoms with Gasteiger partial charge in [0.1, 0.15) is 23.2 Å². The summed E-state index contributed by atoms with van der Waals surface area (Å²) < 4.78 is 31.3. The zero-order valence-corrected chi connectivity index (χ0v) is 10.2. The van der Waals surface area contributed by atoms with Gasteiger partial charge in [-0.1, -0.05) is 0 Å². The number of halogens is 2. The molecule has 94 valence electrons. The number of anilines is 1. The molecule has 0 fully saturated rings. The van der Waals surface area contributed by atoms with Gasteiger partial charge in [-0.25, -0.2) is 13.8 Å². The van der Waals surface area contributed by atoms with Crippen molar-refractivity contribution in [3.8, 4) is 5.75 Å². The predicted molar refractivity (Wildman–Crippen MR) is 65.0 cm³/mol. The number of nitrogens with one attached hydrogen (secondary N) is 1. The number of fused-ring (bicyclic) bond motifs is 1. The van der Waals surface area contributed by atoms with Gasteiger partial charge < -0.3 is 10.1 Å². The van der Waals surface area contributed by atoms with Crippen molar-refractivity contribution in [2.45, 2.75) is 13.0 Å². The summed E-state index contributed by atoms with van der Waals surface area (Å²) in [5.41, 5.74) is 0. The van der Waals surface area contributed by atoms with Crippen molar-refractivity contribution in [2.75, 3.05) is 11.9 Å². The highest BCUT2D eigenvalue weighted by atomic mass is 32.1. The zero-order valence-electron chi connectivity index (χ0n) is 9.37. The molecule has 2 heterocycles. The summed E-state index contributed by atoms with van der Waals surface area (Å²) in [5.74, 6) is -0.368. The topological polar surface area (TPSA) is 34.1 Å². The minimum Gasteiger partial charge on any atom is -0.483 e. The van der Waals surface area contributed by atoms with Crippen LogP contribution in [0.5, 0.6) is 5.75 Å². The molecule has 6 heteroatoms. The predicted octanol–water partition coefficient (Wildman–Crippen LogP) is 2.97. The van der Waals surface area contributed by atoms with Crippen molar-refractivity contribution >= 4 is 17.2 Å². The van der Waals surface area contributed by atoms with Crippen molar-refractivity contribution in [1.82, 2.24) is 4.98 Å². The fraction of sp³-hybridized carbons (Fsp3) is 0.250. The number of thiazole rings is 1. The van der Waals surface area contributed by atoms with Gasteiger partial charge in [0.25, 0.3) is 0 Å². The number of nitrogens with zero attached hydrogens (tertiary/aromatic N) is 1. The Balaban J connectivity index is 1.70. The van der Waals surface area contributed by atoms with Crippen molar-refractivity contribution in [2.24, 2.45) is 0 Å². The second-order valence-corrected chi connectivity index (χ2v) is 5.09. The van der Waals surface area contributed by atoms with Crippen LogP contribution >= 0.6 is 11.3 Å². The molecule has 1 aliphatic heterocycles. The van der Waals surface area contributed by atoms with Crippen LogP contribution in [-0.4, -0.2) is 11.5 Å². The lowest BCUT2D eigenvalue weighted by molar-refractivity contribution is 0.289. The smallest absolute Gasteiger partial charge is 0.167 e. The normalized spacial score (nSPS) is 13.2. The second-order valence-electron chi connectivity index (χ2n) is 3.92. The Kier molecular flexibility index (Phi) is 2.87. The fourth-order valence-electron chi connectivity index (χ4n) is 1.80. The van der Waals surface area contributed by atoms with Crippen LogP contribution in [0.25, 0.3) is 0 Å². The van der Waals surface area contributed by atoms with Crippen LogP contribution in [0.1, 0.15) is 9.88 Å². The van der Waals surface area contributed by atoms with Crippen LogP contribution < -0.4 is 10.1 Å². The van der Waals surface area contributed by atoms with Crippen molar-refractivity contribution in [3.63, 3.8) is 0 Å². The Bertz CT molecular complexity index is 564. The fourth-order valence-corrected chi connectivity index (χ4v) is 2.75. The van der Waals surface area contributed by atoms with E-state index in [0.717, 1.165) is 29.9 Å². The number of ether oxygens (including phenoxy) is 1. The van der Waals surface area contributed by atoms with E-state index in [1.807, 2.05) is 0 Å². The summed E-state index contributed by atoms with van der Waals surface area (Å²) in [7, 11) is 0. The molecule has 3 nitrogen and oxygen atoms in total. The molecule has 3 rings (SSSR count). The maximum absolute atomic E-state index is 13.3. The first-order valence-electron chi connectivity index (χ1n) is 5.52. The molecule has 1 N–H and O–H groups in total. The summed E-state index contributed by atoms with van der Waals surface area (Å²) in [5, 5.41) is 3.95. The standard InChI is InChI=1S/C12H10F2N2OS/c13-7-1-2-9(8(14)5-7)17-6-11-16-12-10(18-11)3-4-15-12/h1-2,5,15H,3-4,6H2. The first-order chi connectivity index (χ1) is 8.72. The molecular weight excluding hydrogens is 258 g/mol. The lowest BCUT2D eigenvalue weighted by Crippen LogP contribution is -1.99. The maximum Gasteiger partial charge on any atom is 0.167 e. The van der Waals surface area contributed by atoms with Gasteiger partial charge >= 0.3 is 0 Å². The minimum absolute atomic E-state index is 0.0414. The molecule has 0 unspecified atom stereocenters. The molecule has 0 spiro atoms. The summed E-state index contributed by atoms with van der Waals surface area (Å²) in [4.78, 5) is 5.54. The number of aromatic nitrogens is 1. The van der Waals surface area contributed by atoms with Gasteiger partial charge in [0.15, 0.2) is 11.6 Å². The van der Waals surface area contributed by atoms with Crippen molar-refractivity contribution in [3.05, 3.63) is 39.7 Å². The number of rotatable bonds is 3. The molecule has 0 radical (unpaired) electrons. The van der Waals surface area contributed by atoms with Crippen LogP contribution in [0.4, 0.5) is 14.6 Å². The van der Waals surface area contributed by atoms with E-state index in [1.165, 1.54) is 17.0 Å². The number of benzene rings is 1. The molecule has 1 aromatic carbocycles. The highest BCUT2D eigenvalue weighted by Crippen LogP contribution is 2.28. The highest BCUT2D eigenvalue weighted by Gasteiger charge is 2.16. The van der Waals surface area contributed by atoms with E-state index in [2.05, 4.69) is 10.3 Å². The molecule has 0 amide bonds. The Morgan fingerprint density at radius 1 is 1.39 bits per heavy atom. The minimum atomic E-state index is -0.697. The molecule has 18 heavy (non-hydrogen) atoms. The molecule has 1 aliphatic rings. The van der Waals surface area contributed by atoms with Gasteiger partial charge in [-0.2, -0.15) is 0 Å². The van der Waals surface area contributed by atoms with Crippen molar-refractivity contribution < 1.29 is 13.5 Å². The molecule has 0 atom stereocenters. The first-order valence-corrected chi connectivity index (χ1v) is 6.34. The summed E-state index contributed by atoms with van der Waals surface area (Å²) >= 11 is 1.56. The van der Waals surface area contributed by atoms with Gasteiger partial charge in [-0.3, -0.25) is 0 Å². The number of hydrogen-bond donors (Lipinski definition) is 1. The molecule has 0 aliphatic carbocycles. The zero-order chi connectivity index (χ0) is 12.5. The summed E-state index contributed by atoms with van der Waals surface area (Å²) in [6.07, 6.45) is 0.970. The van der Waals surface area contributed by atoms with Crippen LogP contribution in [-0.2, 0) is 13.0 Å². The Morgan fingerprint density at radius 2 is 2.28 bits per heavy atom. The van der Waals surface area contributed by atoms with E-state index in [1.54, 1.807) is 11.3 Å². The lowest BCUT2D eigenvalue weighted by atomic mass is 10.3. The lowest BCUT2D eigenvalue weighted by Gasteiger charge is -2.05. The van der Waals surface area contributed by atoms with Gasteiger partial charge in [0, 0.05) is 19.0 Å². The van der Waals surface area contributed by atoms with Gasteiger partial charge in [0.05, 0.1) is 4.88 Å². The second kappa shape index (κ2) is 4.53. The van der Waals surface area contributed by atoms with Crippen LogP contribution in [0.3, 0.4) is 0 Å². The summed E-state index contributed by atoms with van der Waals surface area (Å²) in [6, 6.07) is 3.25. The Morgan fingerprint density at radius 3 is 3.06 bits per heavy atom. The average molecular weight is 268 g/mol. The monoisotopic (exact) mass is 268 g/mol. The van der Waals surface area contributed by atoms with Gasteiger partial charge in [-0.05, 0) is 12.1 Å².